The number of anilines is 1. The Bertz CT molecular complexity index is 431. The Hall–Kier alpha value is -1.69. The molecule has 1 aromatic heterocycles. The summed E-state index contributed by atoms with van der Waals surface area (Å²) in [6, 6.07) is 0.116. The van der Waals surface area contributed by atoms with Gasteiger partial charge in [0.05, 0.1) is 12.4 Å². The average molecular weight is 263 g/mol. The van der Waals surface area contributed by atoms with E-state index in [1.807, 2.05) is 6.92 Å². The van der Waals surface area contributed by atoms with Crippen molar-refractivity contribution in [3.63, 3.8) is 0 Å². The van der Waals surface area contributed by atoms with Gasteiger partial charge in [-0.05, 0) is 32.9 Å². The van der Waals surface area contributed by atoms with E-state index < -0.39 is 0 Å². The van der Waals surface area contributed by atoms with Crippen molar-refractivity contribution in [2.24, 2.45) is 0 Å². The second-order valence-electron chi connectivity index (χ2n) is 4.92. The minimum absolute atomic E-state index is 0.116. The molecule has 104 valence electrons. The molecule has 19 heavy (non-hydrogen) atoms. The number of aromatic nitrogens is 2. The van der Waals surface area contributed by atoms with Crippen LogP contribution in [0.25, 0.3) is 0 Å². The van der Waals surface area contributed by atoms with Crippen molar-refractivity contribution < 1.29 is 4.79 Å². The summed E-state index contributed by atoms with van der Waals surface area (Å²) in [7, 11) is 1.75. The van der Waals surface area contributed by atoms with Crippen molar-refractivity contribution in [1.29, 1.82) is 0 Å². The average Bonchev–Trinajstić information content (AvgIpc) is 2.91. The lowest BCUT2D eigenvalue weighted by molar-refractivity contribution is 0.0926. The van der Waals surface area contributed by atoms with Gasteiger partial charge in [-0.3, -0.25) is 9.78 Å². The minimum atomic E-state index is -0.170. The smallest absolute Gasteiger partial charge is 0.271 e. The number of likely N-dealkylation sites (tertiary alicyclic amines) is 1. The molecule has 1 saturated heterocycles. The van der Waals surface area contributed by atoms with Crippen LogP contribution in [0.5, 0.6) is 0 Å². The molecule has 6 nitrogen and oxygen atoms in total. The molecular formula is C13H21N5O. The normalized spacial score (nSPS) is 17.2. The molecule has 1 aromatic rings. The van der Waals surface area contributed by atoms with Crippen molar-refractivity contribution in [2.75, 3.05) is 32.0 Å². The Morgan fingerprint density at radius 3 is 2.84 bits per heavy atom. The van der Waals surface area contributed by atoms with Crippen molar-refractivity contribution in [3.05, 3.63) is 18.1 Å². The molecule has 1 atom stereocenters. The highest BCUT2D eigenvalue weighted by atomic mass is 16.1. The number of carbonyl (C=O) groups excluding carboxylic acids is 1. The summed E-state index contributed by atoms with van der Waals surface area (Å²) in [6.45, 7) is 5.18. The van der Waals surface area contributed by atoms with E-state index in [9.17, 15) is 4.79 Å². The number of nitrogens with one attached hydrogen (secondary N) is 2. The first-order chi connectivity index (χ1) is 9.19. The van der Waals surface area contributed by atoms with Crippen LogP contribution in [0.15, 0.2) is 12.4 Å². The van der Waals surface area contributed by atoms with Crippen molar-refractivity contribution in [3.8, 4) is 0 Å². The molecule has 2 rings (SSSR count). The van der Waals surface area contributed by atoms with Crippen LogP contribution in [-0.4, -0.2) is 53.5 Å². The van der Waals surface area contributed by atoms with Gasteiger partial charge < -0.3 is 15.5 Å². The Morgan fingerprint density at radius 1 is 1.42 bits per heavy atom. The molecule has 0 bridgehead atoms. The van der Waals surface area contributed by atoms with E-state index in [0.29, 0.717) is 11.5 Å². The van der Waals surface area contributed by atoms with Crippen LogP contribution in [0.2, 0.25) is 0 Å². The summed E-state index contributed by atoms with van der Waals surface area (Å²) in [5.41, 5.74) is 0.347. The molecule has 1 aliphatic heterocycles. The molecular weight excluding hydrogens is 242 g/mol. The fourth-order valence-corrected chi connectivity index (χ4v) is 2.29. The molecule has 1 fully saturated rings. The molecule has 0 aromatic carbocycles. The van der Waals surface area contributed by atoms with Gasteiger partial charge in [-0.25, -0.2) is 4.98 Å². The standard InChI is InChI=1S/C13H21N5O/c1-10(9-18-5-3-4-6-18)16-13(19)11-7-15-8-12(14-2)17-11/h7-8,10H,3-6,9H2,1-2H3,(H,14,17)(H,16,19). The molecule has 0 saturated carbocycles. The zero-order valence-corrected chi connectivity index (χ0v) is 11.5. The number of nitrogens with zero attached hydrogens (tertiary/aromatic N) is 3. The van der Waals surface area contributed by atoms with Gasteiger partial charge in [0.15, 0.2) is 0 Å². The van der Waals surface area contributed by atoms with Crippen LogP contribution in [0.4, 0.5) is 5.82 Å². The third kappa shape index (κ3) is 3.89. The number of carbonyl (C=O) groups is 1. The van der Waals surface area contributed by atoms with Crippen LogP contribution in [0, 0.1) is 0 Å². The first kappa shape index (κ1) is 13.7. The quantitative estimate of drug-likeness (QED) is 0.819. The predicted molar refractivity (Wildman–Crippen MR) is 74.2 cm³/mol. The van der Waals surface area contributed by atoms with Gasteiger partial charge in [0.25, 0.3) is 5.91 Å². The maximum atomic E-state index is 12.0. The summed E-state index contributed by atoms with van der Waals surface area (Å²) >= 11 is 0. The zero-order valence-electron chi connectivity index (χ0n) is 11.5. The lowest BCUT2D eigenvalue weighted by Gasteiger charge is -2.21. The maximum absolute atomic E-state index is 12.0. The highest BCUT2D eigenvalue weighted by molar-refractivity contribution is 5.92. The van der Waals surface area contributed by atoms with E-state index in [4.69, 9.17) is 0 Å². The highest BCUT2D eigenvalue weighted by Crippen LogP contribution is 2.08. The van der Waals surface area contributed by atoms with Crippen LogP contribution in [0.1, 0.15) is 30.3 Å². The van der Waals surface area contributed by atoms with E-state index >= 15 is 0 Å². The summed E-state index contributed by atoms with van der Waals surface area (Å²) in [4.78, 5) is 22.6. The van der Waals surface area contributed by atoms with E-state index in [0.717, 1.165) is 19.6 Å². The van der Waals surface area contributed by atoms with Gasteiger partial charge in [0.2, 0.25) is 0 Å². The fraction of sp³-hybridized carbons (Fsp3) is 0.615. The minimum Gasteiger partial charge on any atom is -0.372 e. The number of hydrogen-bond donors (Lipinski definition) is 2. The summed E-state index contributed by atoms with van der Waals surface area (Å²) in [5.74, 6) is 0.427. The molecule has 2 heterocycles. The maximum Gasteiger partial charge on any atom is 0.271 e. The van der Waals surface area contributed by atoms with Gasteiger partial charge in [-0.1, -0.05) is 0 Å². The second kappa shape index (κ2) is 6.47. The predicted octanol–water partition coefficient (Wildman–Crippen LogP) is 0.732. The summed E-state index contributed by atoms with van der Waals surface area (Å²) < 4.78 is 0. The fourth-order valence-electron chi connectivity index (χ4n) is 2.29. The van der Waals surface area contributed by atoms with Gasteiger partial charge in [0, 0.05) is 19.6 Å². The molecule has 2 N–H and O–H groups in total. The third-order valence-electron chi connectivity index (χ3n) is 3.23. The molecule has 1 unspecified atom stereocenters. The largest absolute Gasteiger partial charge is 0.372 e. The van der Waals surface area contributed by atoms with E-state index in [2.05, 4.69) is 25.5 Å². The van der Waals surface area contributed by atoms with E-state index in [1.165, 1.54) is 19.0 Å². The Morgan fingerprint density at radius 2 is 2.16 bits per heavy atom. The van der Waals surface area contributed by atoms with Crippen LogP contribution >= 0.6 is 0 Å². The Labute approximate surface area is 113 Å². The molecule has 1 amide bonds. The van der Waals surface area contributed by atoms with Gasteiger partial charge in [0.1, 0.15) is 11.5 Å². The van der Waals surface area contributed by atoms with Gasteiger partial charge in [-0.2, -0.15) is 0 Å². The first-order valence-corrected chi connectivity index (χ1v) is 6.72. The molecule has 0 radical (unpaired) electrons. The number of hydrogen-bond acceptors (Lipinski definition) is 5. The molecule has 1 aliphatic rings. The number of amides is 1. The Kier molecular flexibility index (Phi) is 4.68. The molecule has 6 heteroatoms. The van der Waals surface area contributed by atoms with Gasteiger partial charge in [-0.15, -0.1) is 0 Å². The highest BCUT2D eigenvalue weighted by Gasteiger charge is 2.17. The Balaban J connectivity index is 1.88. The van der Waals surface area contributed by atoms with Crippen LogP contribution < -0.4 is 10.6 Å². The SMILES string of the molecule is CNc1cncc(C(=O)NC(C)CN2CCCC2)n1. The topological polar surface area (TPSA) is 70.2 Å². The zero-order chi connectivity index (χ0) is 13.7. The van der Waals surface area contributed by atoms with E-state index in [-0.39, 0.29) is 11.9 Å². The second-order valence-corrected chi connectivity index (χ2v) is 4.92. The first-order valence-electron chi connectivity index (χ1n) is 6.72. The number of rotatable bonds is 5. The van der Waals surface area contributed by atoms with Crippen LogP contribution in [-0.2, 0) is 0 Å². The van der Waals surface area contributed by atoms with Crippen molar-refractivity contribution in [2.45, 2.75) is 25.8 Å². The van der Waals surface area contributed by atoms with Crippen molar-refractivity contribution >= 4 is 11.7 Å². The monoisotopic (exact) mass is 263 g/mol. The van der Waals surface area contributed by atoms with E-state index in [1.54, 1.807) is 13.2 Å². The van der Waals surface area contributed by atoms with Crippen LogP contribution in [0.3, 0.4) is 0 Å². The molecule has 0 spiro atoms. The van der Waals surface area contributed by atoms with Crippen molar-refractivity contribution in [1.82, 2.24) is 20.2 Å². The lowest BCUT2D eigenvalue weighted by atomic mass is 10.3. The lowest BCUT2D eigenvalue weighted by Crippen LogP contribution is -2.41. The van der Waals surface area contributed by atoms with Gasteiger partial charge >= 0.3 is 0 Å². The third-order valence-corrected chi connectivity index (χ3v) is 3.23. The summed E-state index contributed by atoms with van der Waals surface area (Å²) in [5, 5.41) is 5.84. The molecule has 0 aliphatic carbocycles. The summed E-state index contributed by atoms with van der Waals surface area (Å²) in [6.07, 6.45) is 5.59.